The maximum Gasteiger partial charge on any atom is 0.225 e. The number of rotatable bonds is 4. The van der Waals surface area contributed by atoms with Crippen LogP contribution in [-0.2, 0) is 4.79 Å². The van der Waals surface area contributed by atoms with Crippen molar-refractivity contribution in [3.05, 3.63) is 18.2 Å². The van der Waals surface area contributed by atoms with E-state index in [0.717, 1.165) is 78.9 Å². The Bertz CT molecular complexity index is 790. The second-order valence-corrected chi connectivity index (χ2v) is 8.84. The average molecular weight is 388 g/mol. The number of piperidine rings is 2. The molecule has 1 aromatic carbocycles. The van der Waals surface area contributed by atoms with Crippen molar-refractivity contribution in [3.63, 3.8) is 0 Å². The Kier molecular flexibility index (Phi) is 5.53. The zero-order valence-electron chi connectivity index (χ0n) is 16.3. The van der Waals surface area contributed by atoms with E-state index in [0.29, 0.717) is 12.5 Å². The molecule has 2 fully saturated rings. The molecule has 2 aromatic rings. The number of fused-ring (bicyclic) bond motifs is 1. The van der Waals surface area contributed by atoms with Gasteiger partial charge in [0.05, 0.1) is 16.8 Å². The van der Waals surface area contributed by atoms with Gasteiger partial charge in [0.2, 0.25) is 5.91 Å². The van der Waals surface area contributed by atoms with Crippen LogP contribution in [0.25, 0.3) is 10.2 Å². The zero-order chi connectivity index (χ0) is 18.8. The van der Waals surface area contributed by atoms with Crippen LogP contribution in [0.2, 0.25) is 0 Å². The summed E-state index contributed by atoms with van der Waals surface area (Å²) in [6.45, 7) is 8.68. The largest absolute Gasteiger partial charge is 0.494 e. The number of amides is 1. The molecule has 0 spiro atoms. The molecule has 2 aliphatic heterocycles. The highest BCUT2D eigenvalue weighted by Crippen LogP contribution is 2.34. The first-order chi connectivity index (χ1) is 13.1. The van der Waals surface area contributed by atoms with Gasteiger partial charge in [-0.25, -0.2) is 4.98 Å². The fourth-order valence-electron chi connectivity index (χ4n) is 4.09. The van der Waals surface area contributed by atoms with Crippen LogP contribution < -0.4 is 9.64 Å². The number of ether oxygens (including phenoxy) is 1. The third-order valence-corrected chi connectivity index (χ3v) is 6.95. The SMILES string of the molecule is CCOc1ccc2nc(N3CCC(C(=O)N4CCC(C)CC4)CC3)sc2c1. The zero-order valence-corrected chi connectivity index (χ0v) is 17.1. The highest BCUT2D eigenvalue weighted by molar-refractivity contribution is 7.22. The van der Waals surface area contributed by atoms with Gasteiger partial charge in [-0.1, -0.05) is 18.3 Å². The lowest BCUT2D eigenvalue weighted by atomic mass is 9.93. The molecule has 0 bridgehead atoms. The molecule has 2 aliphatic rings. The van der Waals surface area contributed by atoms with E-state index < -0.39 is 0 Å². The fraction of sp³-hybridized carbons (Fsp3) is 0.619. The molecule has 0 N–H and O–H groups in total. The van der Waals surface area contributed by atoms with Crippen LogP contribution in [-0.4, -0.2) is 48.6 Å². The fourth-order valence-corrected chi connectivity index (χ4v) is 5.14. The summed E-state index contributed by atoms with van der Waals surface area (Å²) in [4.78, 5) is 22.1. The minimum absolute atomic E-state index is 0.189. The van der Waals surface area contributed by atoms with E-state index in [9.17, 15) is 4.79 Å². The van der Waals surface area contributed by atoms with Gasteiger partial charge >= 0.3 is 0 Å². The first-order valence-corrected chi connectivity index (χ1v) is 11.0. The standard InChI is InChI=1S/C21H29N3O2S/c1-3-26-17-4-5-18-19(14-17)27-21(22-18)24-12-8-16(9-13-24)20(25)23-10-6-15(2)7-11-23/h4-5,14-16H,3,6-13H2,1-2H3. The van der Waals surface area contributed by atoms with Crippen LogP contribution in [0.1, 0.15) is 39.5 Å². The summed E-state index contributed by atoms with van der Waals surface area (Å²) in [5, 5.41) is 1.07. The van der Waals surface area contributed by atoms with Crippen molar-refractivity contribution in [3.8, 4) is 5.75 Å². The summed E-state index contributed by atoms with van der Waals surface area (Å²) >= 11 is 1.72. The molecule has 0 radical (unpaired) electrons. The number of carbonyl (C=O) groups is 1. The Morgan fingerprint density at radius 3 is 2.63 bits per heavy atom. The molecule has 1 aromatic heterocycles. The molecule has 4 rings (SSSR count). The third kappa shape index (κ3) is 4.05. The van der Waals surface area contributed by atoms with Gasteiger partial charge in [0.25, 0.3) is 0 Å². The molecule has 6 heteroatoms. The average Bonchev–Trinajstić information content (AvgIpc) is 3.12. The van der Waals surface area contributed by atoms with E-state index in [1.54, 1.807) is 11.3 Å². The molecular formula is C21H29N3O2S. The smallest absolute Gasteiger partial charge is 0.225 e. The number of aromatic nitrogens is 1. The summed E-state index contributed by atoms with van der Waals surface area (Å²) < 4.78 is 6.76. The van der Waals surface area contributed by atoms with Crippen molar-refractivity contribution in [1.82, 2.24) is 9.88 Å². The Morgan fingerprint density at radius 2 is 1.93 bits per heavy atom. The number of hydrogen-bond acceptors (Lipinski definition) is 5. The molecule has 0 unspecified atom stereocenters. The Labute approximate surface area is 165 Å². The van der Waals surface area contributed by atoms with Crippen LogP contribution >= 0.6 is 11.3 Å². The van der Waals surface area contributed by atoms with Crippen LogP contribution in [0.3, 0.4) is 0 Å². The van der Waals surface area contributed by atoms with Crippen LogP contribution in [0, 0.1) is 11.8 Å². The maximum absolute atomic E-state index is 12.8. The van der Waals surface area contributed by atoms with Crippen molar-refractivity contribution in [2.24, 2.45) is 11.8 Å². The predicted octanol–water partition coefficient (Wildman–Crippen LogP) is 4.17. The summed E-state index contributed by atoms with van der Waals surface area (Å²) in [5.41, 5.74) is 1.03. The first-order valence-electron chi connectivity index (χ1n) is 10.2. The van der Waals surface area contributed by atoms with Crippen LogP contribution in [0.4, 0.5) is 5.13 Å². The first kappa shape index (κ1) is 18.5. The van der Waals surface area contributed by atoms with E-state index >= 15 is 0 Å². The minimum atomic E-state index is 0.189. The molecule has 0 saturated carbocycles. The van der Waals surface area contributed by atoms with Crippen LogP contribution in [0.15, 0.2) is 18.2 Å². The predicted molar refractivity (Wildman–Crippen MR) is 111 cm³/mol. The normalized spacial score (nSPS) is 19.6. The quantitative estimate of drug-likeness (QED) is 0.790. The Morgan fingerprint density at radius 1 is 1.19 bits per heavy atom. The number of anilines is 1. The van der Waals surface area contributed by atoms with Gasteiger partial charge in [-0.2, -0.15) is 0 Å². The summed E-state index contributed by atoms with van der Waals surface area (Å²) in [6, 6.07) is 6.10. The van der Waals surface area contributed by atoms with Crippen molar-refractivity contribution in [2.75, 3.05) is 37.7 Å². The van der Waals surface area contributed by atoms with Crippen molar-refractivity contribution in [2.45, 2.75) is 39.5 Å². The molecule has 0 atom stereocenters. The Balaban J connectivity index is 1.37. The molecule has 1 amide bonds. The molecule has 27 heavy (non-hydrogen) atoms. The molecule has 0 aliphatic carbocycles. The van der Waals surface area contributed by atoms with Gasteiger partial charge in [0.15, 0.2) is 5.13 Å². The molecular weight excluding hydrogens is 358 g/mol. The van der Waals surface area contributed by atoms with Crippen LogP contribution in [0.5, 0.6) is 5.75 Å². The summed E-state index contributed by atoms with van der Waals surface area (Å²) in [5.74, 6) is 2.24. The molecule has 146 valence electrons. The maximum atomic E-state index is 12.8. The van der Waals surface area contributed by atoms with E-state index in [2.05, 4.69) is 22.8 Å². The lowest BCUT2D eigenvalue weighted by Gasteiger charge is -2.36. The van der Waals surface area contributed by atoms with Gasteiger partial charge < -0.3 is 14.5 Å². The summed E-state index contributed by atoms with van der Waals surface area (Å²) in [6.07, 6.45) is 4.18. The summed E-state index contributed by atoms with van der Waals surface area (Å²) in [7, 11) is 0. The second-order valence-electron chi connectivity index (χ2n) is 7.83. The van der Waals surface area contributed by atoms with E-state index in [-0.39, 0.29) is 5.92 Å². The van der Waals surface area contributed by atoms with Gasteiger partial charge in [0.1, 0.15) is 5.75 Å². The number of likely N-dealkylation sites (tertiary alicyclic amines) is 1. The second kappa shape index (κ2) is 8.05. The number of benzene rings is 1. The molecule has 2 saturated heterocycles. The number of hydrogen-bond donors (Lipinski definition) is 0. The highest BCUT2D eigenvalue weighted by Gasteiger charge is 2.31. The monoisotopic (exact) mass is 387 g/mol. The number of nitrogens with zero attached hydrogens (tertiary/aromatic N) is 3. The lowest BCUT2D eigenvalue weighted by molar-refractivity contribution is -0.137. The van der Waals surface area contributed by atoms with Gasteiger partial charge in [-0.15, -0.1) is 0 Å². The van der Waals surface area contributed by atoms with Crippen molar-refractivity contribution in [1.29, 1.82) is 0 Å². The minimum Gasteiger partial charge on any atom is -0.494 e. The van der Waals surface area contributed by atoms with E-state index in [1.165, 1.54) is 0 Å². The van der Waals surface area contributed by atoms with E-state index in [1.807, 2.05) is 19.1 Å². The van der Waals surface area contributed by atoms with Gasteiger partial charge in [0, 0.05) is 32.1 Å². The Hall–Kier alpha value is -1.82. The lowest BCUT2D eigenvalue weighted by Crippen LogP contribution is -2.45. The third-order valence-electron chi connectivity index (χ3n) is 5.87. The van der Waals surface area contributed by atoms with Crippen molar-refractivity contribution >= 4 is 32.6 Å². The number of thiazole rings is 1. The highest BCUT2D eigenvalue weighted by atomic mass is 32.1. The van der Waals surface area contributed by atoms with Gasteiger partial charge in [-0.05, 0) is 56.7 Å². The van der Waals surface area contributed by atoms with Gasteiger partial charge in [-0.3, -0.25) is 4.79 Å². The van der Waals surface area contributed by atoms with E-state index in [4.69, 9.17) is 9.72 Å². The molecule has 3 heterocycles. The molecule has 5 nitrogen and oxygen atoms in total. The van der Waals surface area contributed by atoms with Crippen molar-refractivity contribution < 1.29 is 9.53 Å². The topological polar surface area (TPSA) is 45.7 Å². The number of carbonyl (C=O) groups excluding carboxylic acids is 1.